The molecule has 2 aromatic rings. The molecule has 0 aliphatic heterocycles. The molecular formula is C16H24N4. The van der Waals surface area contributed by atoms with E-state index in [4.69, 9.17) is 0 Å². The average molecular weight is 272 g/mol. The monoisotopic (exact) mass is 272 g/mol. The first kappa shape index (κ1) is 14.6. The Balaban J connectivity index is 1.83. The third-order valence-electron chi connectivity index (χ3n) is 3.51. The topological polar surface area (TPSA) is 33.1 Å². The van der Waals surface area contributed by atoms with Crippen LogP contribution in [0.25, 0.3) is 0 Å². The highest BCUT2D eigenvalue weighted by atomic mass is 15.2. The molecule has 108 valence electrons. The van der Waals surface area contributed by atoms with E-state index in [0.29, 0.717) is 6.04 Å². The van der Waals surface area contributed by atoms with Gasteiger partial charge in [0.05, 0.1) is 5.69 Å². The van der Waals surface area contributed by atoms with Gasteiger partial charge in [-0.15, -0.1) is 0 Å². The van der Waals surface area contributed by atoms with Crippen LogP contribution in [0.15, 0.2) is 36.5 Å². The van der Waals surface area contributed by atoms with E-state index in [9.17, 15) is 0 Å². The number of nitrogens with one attached hydrogen (secondary N) is 1. The fraction of sp³-hybridized carbons (Fsp3) is 0.438. The molecule has 0 amide bonds. The maximum absolute atomic E-state index is 4.38. The Morgan fingerprint density at radius 3 is 2.45 bits per heavy atom. The molecule has 2 rings (SSSR count). The van der Waals surface area contributed by atoms with Gasteiger partial charge in [0.2, 0.25) is 0 Å². The van der Waals surface area contributed by atoms with Crippen LogP contribution in [-0.4, -0.2) is 30.4 Å². The zero-order valence-electron chi connectivity index (χ0n) is 12.8. The summed E-state index contributed by atoms with van der Waals surface area (Å²) in [5.74, 6) is 0. The van der Waals surface area contributed by atoms with Crippen LogP contribution in [-0.2, 0) is 13.5 Å². The lowest BCUT2D eigenvalue weighted by Gasteiger charge is -2.16. The average Bonchev–Trinajstić information content (AvgIpc) is 2.84. The summed E-state index contributed by atoms with van der Waals surface area (Å²) in [6.07, 6.45) is 2.94. The predicted molar refractivity (Wildman–Crippen MR) is 84.1 cm³/mol. The first-order chi connectivity index (χ1) is 9.56. The van der Waals surface area contributed by atoms with Crippen molar-refractivity contribution in [2.24, 2.45) is 7.05 Å². The Labute approximate surface area is 121 Å². The summed E-state index contributed by atoms with van der Waals surface area (Å²) in [6.45, 7) is 3.14. The van der Waals surface area contributed by atoms with E-state index in [1.807, 2.05) is 17.9 Å². The summed E-state index contributed by atoms with van der Waals surface area (Å²) in [7, 11) is 6.07. The second-order valence-corrected chi connectivity index (χ2v) is 5.39. The van der Waals surface area contributed by atoms with Gasteiger partial charge >= 0.3 is 0 Å². The van der Waals surface area contributed by atoms with Gasteiger partial charge < -0.3 is 10.2 Å². The molecule has 0 bridgehead atoms. The zero-order valence-corrected chi connectivity index (χ0v) is 12.8. The van der Waals surface area contributed by atoms with Crippen LogP contribution >= 0.6 is 0 Å². The van der Waals surface area contributed by atoms with E-state index in [1.165, 1.54) is 11.3 Å². The standard InChI is InChI=1S/C16H24N4/c1-13(14-5-7-16(8-6-14)19(2)3)17-11-9-15-10-12-20(4)18-15/h5-8,10,12-13,17H,9,11H2,1-4H3. The fourth-order valence-electron chi connectivity index (χ4n) is 2.19. The number of nitrogens with zero attached hydrogens (tertiary/aromatic N) is 3. The maximum Gasteiger partial charge on any atom is 0.0637 e. The summed E-state index contributed by atoms with van der Waals surface area (Å²) in [5.41, 5.74) is 3.68. The van der Waals surface area contributed by atoms with E-state index in [2.05, 4.69) is 66.7 Å². The van der Waals surface area contributed by atoms with Crippen LogP contribution in [0.2, 0.25) is 0 Å². The molecule has 0 aliphatic rings. The van der Waals surface area contributed by atoms with E-state index >= 15 is 0 Å². The van der Waals surface area contributed by atoms with E-state index in [1.54, 1.807) is 0 Å². The van der Waals surface area contributed by atoms with Gasteiger partial charge in [0.15, 0.2) is 0 Å². The zero-order chi connectivity index (χ0) is 14.5. The number of aromatic nitrogens is 2. The summed E-state index contributed by atoms with van der Waals surface area (Å²) < 4.78 is 1.85. The molecule has 1 aromatic carbocycles. The third-order valence-corrected chi connectivity index (χ3v) is 3.51. The minimum Gasteiger partial charge on any atom is -0.378 e. The molecule has 1 unspecified atom stereocenters. The quantitative estimate of drug-likeness (QED) is 0.876. The lowest BCUT2D eigenvalue weighted by Crippen LogP contribution is -2.21. The highest BCUT2D eigenvalue weighted by molar-refractivity contribution is 5.46. The molecule has 0 aliphatic carbocycles. The van der Waals surface area contributed by atoms with Crippen molar-refractivity contribution >= 4 is 5.69 Å². The van der Waals surface area contributed by atoms with E-state index < -0.39 is 0 Å². The molecule has 0 saturated heterocycles. The molecule has 1 atom stereocenters. The van der Waals surface area contributed by atoms with Crippen molar-refractivity contribution in [3.8, 4) is 0 Å². The summed E-state index contributed by atoms with van der Waals surface area (Å²) in [5, 5.41) is 7.92. The Bertz CT molecular complexity index is 528. The van der Waals surface area contributed by atoms with Crippen molar-refractivity contribution < 1.29 is 0 Å². The van der Waals surface area contributed by atoms with Crippen molar-refractivity contribution in [3.63, 3.8) is 0 Å². The molecule has 0 spiro atoms. The minimum atomic E-state index is 0.356. The largest absolute Gasteiger partial charge is 0.378 e. The number of rotatable bonds is 6. The molecule has 4 nitrogen and oxygen atoms in total. The second-order valence-electron chi connectivity index (χ2n) is 5.39. The lowest BCUT2D eigenvalue weighted by molar-refractivity contribution is 0.571. The van der Waals surface area contributed by atoms with Crippen molar-refractivity contribution in [2.45, 2.75) is 19.4 Å². The van der Waals surface area contributed by atoms with Gasteiger partial charge in [0.25, 0.3) is 0 Å². The Hall–Kier alpha value is -1.81. The van der Waals surface area contributed by atoms with Gasteiger partial charge in [-0.05, 0) is 30.7 Å². The molecule has 1 heterocycles. The normalized spacial score (nSPS) is 12.4. The highest BCUT2D eigenvalue weighted by Crippen LogP contribution is 2.17. The second kappa shape index (κ2) is 6.57. The van der Waals surface area contributed by atoms with Gasteiger partial charge in [0, 0.05) is 52.0 Å². The van der Waals surface area contributed by atoms with Crippen LogP contribution in [0.1, 0.15) is 24.2 Å². The molecule has 20 heavy (non-hydrogen) atoms. The Kier molecular flexibility index (Phi) is 4.79. The molecule has 1 N–H and O–H groups in total. The van der Waals surface area contributed by atoms with Crippen LogP contribution in [0, 0.1) is 0 Å². The predicted octanol–water partition coefficient (Wildman–Crippen LogP) is 2.38. The molecule has 0 fully saturated rings. The summed E-state index contributed by atoms with van der Waals surface area (Å²) in [4.78, 5) is 2.11. The Morgan fingerprint density at radius 1 is 1.20 bits per heavy atom. The summed E-state index contributed by atoms with van der Waals surface area (Å²) >= 11 is 0. The van der Waals surface area contributed by atoms with Gasteiger partial charge in [0.1, 0.15) is 0 Å². The van der Waals surface area contributed by atoms with Crippen molar-refractivity contribution in [3.05, 3.63) is 47.8 Å². The first-order valence-electron chi connectivity index (χ1n) is 7.05. The number of aryl methyl sites for hydroxylation is 1. The van der Waals surface area contributed by atoms with Crippen LogP contribution < -0.4 is 10.2 Å². The smallest absolute Gasteiger partial charge is 0.0637 e. The number of hydrogen-bond donors (Lipinski definition) is 1. The third kappa shape index (κ3) is 3.84. The lowest BCUT2D eigenvalue weighted by atomic mass is 10.1. The van der Waals surface area contributed by atoms with Crippen molar-refractivity contribution in [2.75, 3.05) is 25.5 Å². The van der Waals surface area contributed by atoms with Crippen molar-refractivity contribution in [1.29, 1.82) is 0 Å². The number of anilines is 1. The van der Waals surface area contributed by atoms with Crippen LogP contribution in [0.3, 0.4) is 0 Å². The number of hydrogen-bond acceptors (Lipinski definition) is 3. The van der Waals surface area contributed by atoms with Gasteiger partial charge in [-0.2, -0.15) is 5.10 Å². The fourth-order valence-corrected chi connectivity index (χ4v) is 2.19. The molecular weight excluding hydrogens is 248 g/mol. The van der Waals surface area contributed by atoms with Gasteiger partial charge in [-0.25, -0.2) is 0 Å². The SMILES string of the molecule is CC(NCCc1ccn(C)n1)c1ccc(N(C)C)cc1. The van der Waals surface area contributed by atoms with E-state index in [-0.39, 0.29) is 0 Å². The first-order valence-corrected chi connectivity index (χ1v) is 7.05. The molecule has 0 saturated carbocycles. The van der Waals surface area contributed by atoms with Crippen LogP contribution in [0.4, 0.5) is 5.69 Å². The Morgan fingerprint density at radius 2 is 1.90 bits per heavy atom. The minimum absolute atomic E-state index is 0.356. The molecule has 0 radical (unpaired) electrons. The van der Waals surface area contributed by atoms with Crippen LogP contribution in [0.5, 0.6) is 0 Å². The van der Waals surface area contributed by atoms with Crippen molar-refractivity contribution in [1.82, 2.24) is 15.1 Å². The van der Waals surface area contributed by atoms with Gasteiger partial charge in [-0.1, -0.05) is 12.1 Å². The molecule has 4 heteroatoms. The maximum atomic E-state index is 4.38. The van der Waals surface area contributed by atoms with E-state index in [0.717, 1.165) is 18.7 Å². The molecule has 1 aromatic heterocycles. The summed E-state index contributed by atoms with van der Waals surface area (Å²) in [6, 6.07) is 11.1. The number of benzene rings is 1. The van der Waals surface area contributed by atoms with Gasteiger partial charge in [-0.3, -0.25) is 4.68 Å². The highest BCUT2D eigenvalue weighted by Gasteiger charge is 2.05.